The SMILES string of the molecule is CC(C(=O)c1c(Br)cnn1C)C1CNC1. The summed E-state index contributed by atoms with van der Waals surface area (Å²) in [6.45, 7) is 3.89. The molecule has 15 heavy (non-hydrogen) atoms. The van der Waals surface area contributed by atoms with E-state index in [1.807, 2.05) is 6.92 Å². The van der Waals surface area contributed by atoms with Crippen molar-refractivity contribution in [3.8, 4) is 0 Å². The summed E-state index contributed by atoms with van der Waals surface area (Å²) >= 11 is 3.36. The van der Waals surface area contributed by atoms with Crippen molar-refractivity contribution in [1.29, 1.82) is 0 Å². The maximum atomic E-state index is 12.2. The highest BCUT2D eigenvalue weighted by Crippen LogP contribution is 2.24. The minimum absolute atomic E-state index is 0.0675. The van der Waals surface area contributed by atoms with E-state index in [-0.39, 0.29) is 11.7 Å². The fraction of sp³-hybridized carbons (Fsp3) is 0.600. The van der Waals surface area contributed by atoms with Crippen LogP contribution in [0.2, 0.25) is 0 Å². The van der Waals surface area contributed by atoms with Gasteiger partial charge >= 0.3 is 0 Å². The van der Waals surface area contributed by atoms with Gasteiger partial charge in [-0.05, 0) is 34.9 Å². The first-order valence-electron chi connectivity index (χ1n) is 5.03. The van der Waals surface area contributed by atoms with Crippen molar-refractivity contribution in [3.63, 3.8) is 0 Å². The van der Waals surface area contributed by atoms with Crippen LogP contribution in [0.4, 0.5) is 0 Å². The summed E-state index contributed by atoms with van der Waals surface area (Å²) in [6, 6.07) is 0. The van der Waals surface area contributed by atoms with Crippen LogP contribution >= 0.6 is 15.9 Å². The number of aromatic nitrogens is 2. The van der Waals surface area contributed by atoms with Crippen molar-refractivity contribution in [3.05, 3.63) is 16.4 Å². The van der Waals surface area contributed by atoms with Crippen LogP contribution in [-0.4, -0.2) is 28.7 Å². The summed E-state index contributed by atoms with van der Waals surface area (Å²) in [7, 11) is 1.80. The van der Waals surface area contributed by atoms with Crippen LogP contribution in [0.25, 0.3) is 0 Å². The van der Waals surface area contributed by atoms with Crippen LogP contribution in [0, 0.1) is 11.8 Å². The van der Waals surface area contributed by atoms with Crippen molar-refractivity contribution in [2.24, 2.45) is 18.9 Å². The highest BCUT2D eigenvalue weighted by molar-refractivity contribution is 9.10. The Kier molecular flexibility index (Phi) is 2.93. The van der Waals surface area contributed by atoms with Crippen LogP contribution in [0.5, 0.6) is 0 Å². The van der Waals surface area contributed by atoms with E-state index in [0.29, 0.717) is 11.6 Å². The molecular weight excluding hydrogens is 258 g/mol. The molecule has 1 aromatic heterocycles. The molecule has 0 amide bonds. The molecule has 1 aliphatic rings. The molecule has 1 aliphatic heterocycles. The van der Waals surface area contributed by atoms with E-state index >= 15 is 0 Å². The highest BCUT2D eigenvalue weighted by atomic mass is 79.9. The fourth-order valence-electron chi connectivity index (χ4n) is 1.78. The maximum absolute atomic E-state index is 12.2. The molecule has 1 aromatic rings. The van der Waals surface area contributed by atoms with Gasteiger partial charge in [0.2, 0.25) is 0 Å². The van der Waals surface area contributed by atoms with Crippen LogP contribution in [0.3, 0.4) is 0 Å². The summed E-state index contributed by atoms with van der Waals surface area (Å²) in [4.78, 5) is 12.2. The first-order valence-corrected chi connectivity index (χ1v) is 5.83. The lowest BCUT2D eigenvalue weighted by Gasteiger charge is -2.31. The average molecular weight is 272 g/mol. The van der Waals surface area contributed by atoms with Gasteiger partial charge in [0.05, 0.1) is 10.7 Å². The number of ketones is 1. The molecule has 0 saturated carbocycles. The molecule has 1 N–H and O–H groups in total. The third-order valence-corrected chi connectivity index (χ3v) is 3.64. The predicted molar refractivity (Wildman–Crippen MR) is 60.8 cm³/mol. The molecule has 0 aromatic carbocycles. The Morgan fingerprint density at radius 1 is 1.73 bits per heavy atom. The van der Waals surface area contributed by atoms with E-state index in [0.717, 1.165) is 17.6 Å². The van der Waals surface area contributed by atoms with Crippen LogP contribution in [0.15, 0.2) is 10.7 Å². The van der Waals surface area contributed by atoms with Gasteiger partial charge in [-0.25, -0.2) is 0 Å². The number of carbonyl (C=O) groups excluding carboxylic acids is 1. The fourth-order valence-corrected chi connectivity index (χ4v) is 2.33. The van der Waals surface area contributed by atoms with Crippen molar-refractivity contribution in [2.45, 2.75) is 6.92 Å². The maximum Gasteiger partial charge on any atom is 0.185 e. The molecule has 0 radical (unpaired) electrons. The van der Waals surface area contributed by atoms with Crippen molar-refractivity contribution in [1.82, 2.24) is 15.1 Å². The molecule has 1 saturated heterocycles. The number of hydrogen-bond acceptors (Lipinski definition) is 3. The topological polar surface area (TPSA) is 46.9 Å². The third-order valence-electron chi connectivity index (χ3n) is 3.06. The molecule has 0 spiro atoms. The van der Waals surface area contributed by atoms with Crippen molar-refractivity contribution >= 4 is 21.7 Å². The zero-order valence-corrected chi connectivity index (χ0v) is 10.4. The Balaban J connectivity index is 2.19. The van der Waals surface area contributed by atoms with Gasteiger partial charge in [0.15, 0.2) is 5.78 Å². The first-order chi connectivity index (χ1) is 7.11. The number of carbonyl (C=O) groups is 1. The van der Waals surface area contributed by atoms with Crippen LogP contribution < -0.4 is 5.32 Å². The van der Waals surface area contributed by atoms with E-state index in [1.165, 1.54) is 0 Å². The second-order valence-electron chi connectivity index (χ2n) is 4.04. The molecule has 0 aliphatic carbocycles. The minimum Gasteiger partial charge on any atom is -0.316 e. The van der Waals surface area contributed by atoms with Gasteiger partial charge < -0.3 is 5.32 Å². The van der Waals surface area contributed by atoms with Gasteiger partial charge in [-0.2, -0.15) is 5.10 Å². The van der Waals surface area contributed by atoms with Crippen molar-refractivity contribution < 1.29 is 4.79 Å². The lowest BCUT2D eigenvalue weighted by molar-refractivity contribution is 0.0843. The number of aryl methyl sites for hydroxylation is 1. The Morgan fingerprint density at radius 2 is 2.40 bits per heavy atom. The molecule has 2 heterocycles. The predicted octanol–water partition coefficient (Wildman–Crippen LogP) is 1.22. The van der Waals surface area contributed by atoms with E-state index in [1.54, 1.807) is 17.9 Å². The molecule has 2 rings (SSSR count). The summed E-state index contributed by atoms with van der Waals surface area (Å²) in [5, 5.41) is 7.24. The largest absolute Gasteiger partial charge is 0.316 e. The summed E-state index contributed by atoms with van der Waals surface area (Å²) in [6.07, 6.45) is 1.67. The number of halogens is 1. The minimum atomic E-state index is 0.0675. The first kappa shape index (κ1) is 10.8. The molecule has 1 atom stereocenters. The smallest absolute Gasteiger partial charge is 0.185 e. The number of nitrogens with one attached hydrogen (secondary N) is 1. The van der Waals surface area contributed by atoms with Crippen LogP contribution in [0.1, 0.15) is 17.4 Å². The highest BCUT2D eigenvalue weighted by Gasteiger charge is 2.31. The van der Waals surface area contributed by atoms with Crippen LogP contribution in [-0.2, 0) is 7.05 Å². The quantitative estimate of drug-likeness (QED) is 0.842. The lowest BCUT2D eigenvalue weighted by Crippen LogP contribution is -2.47. The second kappa shape index (κ2) is 4.06. The van der Waals surface area contributed by atoms with Gasteiger partial charge in [0, 0.05) is 13.0 Å². The molecule has 5 heteroatoms. The molecule has 82 valence electrons. The van der Waals surface area contributed by atoms with E-state index in [2.05, 4.69) is 26.3 Å². The Labute approximate surface area is 97.2 Å². The standard InChI is InChI=1S/C10H14BrN3O/c1-6(7-3-12-4-7)10(15)9-8(11)5-13-14(9)2/h5-7,12H,3-4H2,1-2H3. The Morgan fingerprint density at radius 3 is 2.80 bits per heavy atom. The molecule has 1 unspecified atom stereocenters. The second-order valence-corrected chi connectivity index (χ2v) is 4.89. The van der Waals surface area contributed by atoms with Gasteiger partial charge in [-0.15, -0.1) is 0 Å². The third kappa shape index (κ3) is 1.86. The summed E-state index contributed by atoms with van der Waals surface area (Å²) < 4.78 is 2.42. The zero-order valence-electron chi connectivity index (χ0n) is 8.83. The molecule has 4 nitrogen and oxygen atoms in total. The van der Waals surface area contributed by atoms with Gasteiger partial charge in [0.1, 0.15) is 5.69 Å². The molecule has 1 fully saturated rings. The molecule has 0 bridgehead atoms. The lowest BCUT2D eigenvalue weighted by atomic mass is 9.85. The van der Waals surface area contributed by atoms with E-state index in [9.17, 15) is 4.79 Å². The van der Waals surface area contributed by atoms with E-state index < -0.39 is 0 Å². The number of rotatable bonds is 3. The van der Waals surface area contributed by atoms with Gasteiger partial charge in [-0.1, -0.05) is 6.92 Å². The monoisotopic (exact) mass is 271 g/mol. The van der Waals surface area contributed by atoms with Gasteiger partial charge in [0.25, 0.3) is 0 Å². The summed E-state index contributed by atoms with van der Waals surface area (Å²) in [5.41, 5.74) is 0.675. The van der Waals surface area contributed by atoms with Crippen molar-refractivity contribution in [2.75, 3.05) is 13.1 Å². The number of Topliss-reactive ketones (excluding diaryl/α,β-unsaturated/α-hetero) is 1. The Hall–Kier alpha value is -0.680. The zero-order chi connectivity index (χ0) is 11.0. The molecular formula is C10H14BrN3O. The Bertz CT molecular complexity index is 365. The normalized spacial score (nSPS) is 18.6. The van der Waals surface area contributed by atoms with E-state index in [4.69, 9.17) is 0 Å². The van der Waals surface area contributed by atoms with Gasteiger partial charge in [-0.3, -0.25) is 9.48 Å². The number of nitrogens with zero attached hydrogens (tertiary/aromatic N) is 2. The number of hydrogen-bond donors (Lipinski definition) is 1. The average Bonchev–Trinajstić information content (AvgIpc) is 2.42. The summed E-state index contributed by atoms with van der Waals surface area (Å²) in [5.74, 6) is 0.714.